The number of H-pyrrole nitrogens is 1. The predicted octanol–water partition coefficient (Wildman–Crippen LogP) is 4.81. The number of primary amides is 1. The van der Waals surface area contributed by atoms with E-state index < -0.39 is 47.7 Å². The van der Waals surface area contributed by atoms with Crippen molar-refractivity contribution in [2.75, 3.05) is 84.4 Å². The maximum Gasteiger partial charge on any atom is 0.407 e. The van der Waals surface area contributed by atoms with Crippen molar-refractivity contribution in [3.8, 4) is 34.3 Å². The summed E-state index contributed by atoms with van der Waals surface area (Å²) < 4.78 is 53.2. The number of nitrogens with one attached hydrogen (secondary N) is 6. The molecule has 1 aliphatic rings. The molecule has 87 heavy (non-hydrogen) atoms. The van der Waals surface area contributed by atoms with Gasteiger partial charge in [-0.3, -0.25) is 33.9 Å². The number of alkyl carbamates (subject to hydrolysis) is 1. The molecule has 26 nitrogen and oxygen atoms in total. The molecular formula is C60H71FN12O14. The van der Waals surface area contributed by atoms with Gasteiger partial charge in [-0.15, -0.1) is 0 Å². The number of carbonyl (C=O) groups excluding carboxylic acids is 7. The Morgan fingerprint density at radius 2 is 1.43 bits per heavy atom. The van der Waals surface area contributed by atoms with Crippen LogP contribution in [0, 0.1) is 18.7 Å². The van der Waals surface area contributed by atoms with Crippen molar-refractivity contribution >= 4 is 58.4 Å². The van der Waals surface area contributed by atoms with Crippen molar-refractivity contribution in [1.82, 2.24) is 51.1 Å². The molecule has 8 amide bonds. The van der Waals surface area contributed by atoms with E-state index in [-0.39, 0.29) is 121 Å². The van der Waals surface area contributed by atoms with E-state index in [2.05, 4.69) is 46.5 Å². The van der Waals surface area contributed by atoms with Crippen LogP contribution in [0.3, 0.4) is 0 Å². The normalized spacial score (nSPS) is 12.7. The fourth-order valence-electron chi connectivity index (χ4n) is 8.47. The highest BCUT2D eigenvalue weighted by molar-refractivity contribution is 6.12. The zero-order valence-corrected chi connectivity index (χ0v) is 48.5. The van der Waals surface area contributed by atoms with Crippen molar-refractivity contribution in [1.29, 1.82) is 0 Å². The van der Waals surface area contributed by atoms with Crippen molar-refractivity contribution in [2.24, 2.45) is 11.7 Å². The van der Waals surface area contributed by atoms with Crippen LogP contribution in [0.4, 0.5) is 19.7 Å². The van der Waals surface area contributed by atoms with Crippen molar-refractivity contribution in [3.63, 3.8) is 0 Å². The molecule has 27 heteroatoms. The molecule has 0 bridgehead atoms. The minimum absolute atomic E-state index is 0.0282. The lowest BCUT2D eigenvalue weighted by Gasteiger charge is -2.25. The number of aromatic nitrogens is 5. The number of aromatic amines is 1. The van der Waals surface area contributed by atoms with Gasteiger partial charge in [-0.2, -0.15) is 0 Å². The van der Waals surface area contributed by atoms with Gasteiger partial charge in [0.2, 0.25) is 23.6 Å². The average molecular weight is 1200 g/mol. The number of aryl methyl sites for hydroxylation is 1. The van der Waals surface area contributed by atoms with E-state index in [0.29, 0.717) is 70.6 Å². The van der Waals surface area contributed by atoms with E-state index in [1.807, 2.05) is 43.3 Å². The molecule has 0 radical (unpaired) electrons. The average Bonchev–Trinajstić information content (AvgIpc) is 2.16. The summed E-state index contributed by atoms with van der Waals surface area (Å²) in [6.45, 7) is 7.60. The lowest BCUT2D eigenvalue weighted by atomic mass is 10.0. The Morgan fingerprint density at radius 3 is 2.13 bits per heavy atom. The number of para-hydroxylation sites is 1. The summed E-state index contributed by atoms with van der Waals surface area (Å²) in [5.74, 6) is -2.40. The fourth-order valence-corrected chi connectivity index (χ4v) is 8.47. The first-order valence-electron chi connectivity index (χ1n) is 28.2. The minimum Gasteiger partial charge on any atom is -0.483 e. The molecule has 0 spiro atoms. The van der Waals surface area contributed by atoms with Crippen LogP contribution in [0.5, 0.6) is 11.6 Å². The topological polar surface area (TPSA) is 341 Å². The number of nitrogens with zero attached hydrogens (tertiary/aromatic N) is 5. The highest BCUT2D eigenvalue weighted by Gasteiger charge is 2.29. The third-order valence-corrected chi connectivity index (χ3v) is 12.9. The molecule has 0 fully saturated rings. The molecule has 6 aromatic rings. The second-order valence-electron chi connectivity index (χ2n) is 19.9. The molecule has 2 unspecified atom stereocenters. The molecule has 0 saturated carbocycles. The Hall–Kier alpha value is -9.44. The van der Waals surface area contributed by atoms with Crippen LogP contribution in [0.25, 0.3) is 33.7 Å². The van der Waals surface area contributed by atoms with Gasteiger partial charge in [0.1, 0.15) is 37.7 Å². The summed E-state index contributed by atoms with van der Waals surface area (Å²) in [6, 6.07) is 21.0. The summed E-state index contributed by atoms with van der Waals surface area (Å²) in [5.41, 5.74) is 10.7. The van der Waals surface area contributed by atoms with E-state index in [1.54, 1.807) is 56.3 Å². The highest BCUT2D eigenvalue weighted by atomic mass is 19.1. The Bertz CT molecular complexity index is 3310. The number of hydrogen-bond acceptors (Lipinski definition) is 18. The second kappa shape index (κ2) is 33.9. The first kappa shape index (κ1) is 65.1. The van der Waals surface area contributed by atoms with E-state index in [4.69, 9.17) is 43.9 Å². The number of imide groups is 1. The maximum absolute atomic E-state index is 14.3. The molecule has 4 heterocycles. The van der Waals surface area contributed by atoms with Crippen LogP contribution < -0.4 is 41.8 Å². The molecule has 8 N–H and O–H groups in total. The second-order valence-corrected chi connectivity index (χ2v) is 19.9. The van der Waals surface area contributed by atoms with Crippen LogP contribution in [-0.4, -0.2) is 163 Å². The van der Waals surface area contributed by atoms with Gasteiger partial charge in [-0.25, -0.2) is 28.9 Å². The number of hydrogen-bond donors (Lipinski definition) is 7. The number of halogens is 1. The van der Waals surface area contributed by atoms with Gasteiger partial charge in [0, 0.05) is 42.1 Å². The molecule has 2 atom stereocenters. The van der Waals surface area contributed by atoms with Crippen molar-refractivity contribution in [2.45, 2.75) is 65.3 Å². The number of amides is 8. The summed E-state index contributed by atoms with van der Waals surface area (Å²) in [7, 11) is 0. The van der Waals surface area contributed by atoms with Crippen LogP contribution >= 0.6 is 0 Å². The van der Waals surface area contributed by atoms with E-state index in [1.165, 1.54) is 24.4 Å². The smallest absolute Gasteiger partial charge is 0.407 e. The molecule has 3 aromatic carbocycles. The number of fused-ring (bicyclic) bond motifs is 1. The lowest BCUT2D eigenvalue weighted by Crippen LogP contribution is -2.54. The molecule has 0 aliphatic carbocycles. The molecular weight excluding hydrogens is 1130 g/mol. The fraction of sp³-hybridized carbons (Fsp3) is 0.383. The van der Waals surface area contributed by atoms with Crippen LogP contribution in [-0.2, 0) is 60.9 Å². The summed E-state index contributed by atoms with van der Waals surface area (Å²) in [6.07, 6.45) is 3.56. The third kappa shape index (κ3) is 21.2. The summed E-state index contributed by atoms with van der Waals surface area (Å²) >= 11 is 0. The Balaban J connectivity index is 0.805. The molecule has 3 aromatic heterocycles. The number of benzene rings is 3. The number of anilines is 1. The van der Waals surface area contributed by atoms with Gasteiger partial charge < -0.3 is 70.5 Å². The first-order chi connectivity index (χ1) is 42.1. The zero-order valence-electron chi connectivity index (χ0n) is 48.5. The van der Waals surface area contributed by atoms with Gasteiger partial charge >= 0.3 is 12.1 Å². The minimum atomic E-state index is -1.08. The summed E-state index contributed by atoms with van der Waals surface area (Å²) in [4.78, 5) is 110. The molecule has 7 rings (SSSR count). The van der Waals surface area contributed by atoms with Gasteiger partial charge in [0.25, 0.3) is 11.8 Å². The molecule has 1 aliphatic heterocycles. The number of urea groups is 1. The quantitative estimate of drug-likeness (QED) is 0.0205. The summed E-state index contributed by atoms with van der Waals surface area (Å²) in [5, 5.41) is 13.4. The number of imidazole rings is 1. The Labute approximate surface area is 500 Å². The number of rotatable bonds is 36. The van der Waals surface area contributed by atoms with Gasteiger partial charge in [0.05, 0.1) is 100 Å². The molecule has 462 valence electrons. The van der Waals surface area contributed by atoms with E-state index in [0.717, 1.165) is 10.6 Å². The monoisotopic (exact) mass is 1200 g/mol. The lowest BCUT2D eigenvalue weighted by molar-refractivity contribution is -0.137. The SMILES string of the molecule is Cc1cccc(-c2[nH]c(COc3ccccc3F)nc2-c2ccc3ncc(OCCNC(=O)OCc4ccc(NC(=O)C(CCCNC(N)=O)NC(=O)C(NC(=O)CCOCCOCCOCCOCCN5C(=O)C=CC5=O)C(C)C)cc4)nc3c2)n1. The number of nitrogens with two attached hydrogens (primary N) is 1. The van der Waals surface area contributed by atoms with E-state index >= 15 is 0 Å². The Morgan fingerprint density at radius 1 is 0.713 bits per heavy atom. The molecule has 0 saturated heterocycles. The van der Waals surface area contributed by atoms with Crippen LogP contribution in [0.2, 0.25) is 0 Å². The number of carbonyl (C=O) groups is 7. The highest BCUT2D eigenvalue weighted by Crippen LogP contribution is 2.32. The Kier molecular flexibility index (Phi) is 25.4. The van der Waals surface area contributed by atoms with Crippen LogP contribution in [0.1, 0.15) is 50.2 Å². The van der Waals surface area contributed by atoms with Crippen molar-refractivity contribution < 1.29 is 71.1 Å². The number of pyridine rings is 1. The number of ether oxygens (including phenoxy) is 7. The van der Waals surface area contributed by atoms with Crippen LogP contribution in [0.15, 0.2) is 103 Å². The van der Waals surface area contributed by atoms with Gasteiger partial charge in [-0.1, -0.05) is 50.2 Å². The standard InChI is InChI=1S/C60H71FN12O14/c1-38(2)54(72-50(74)21-25-81-28-30-83-32-33-84-31-29-82-27-24-73-52(75)19-20-53(73)76)58(78)69-46(11-7-22-63-59(62)79)57(77)67-42-16-13-40(14-17-42)36-87-60(80)64-23-26-85-51-35-65-44-18-15-41(34-47(44)68-51)55-56(45-10-6-8-39(3)66-45)71-49(70-55)37-86-48-12-5-4-9-43(48)61/h4-6,8-10,12-20,34-35,38,46,54H,7,11,21-33,36-37H2,1-3H3,(H,64,80)(H,67,77)(H,69,78)(H,70,71)(H,72,74)(H3,62,63,79). The van der Waals surface area contributed by atoms with E-state index in [9.17, 15) is 38.0 Å². The van der Waals surface area contributed by atoms with Gasteiger partial charge in [-0.05, 0) is 79.8 Å². The van der Waals surface area contributed by atoms with Crippen molar-refractivity contribution in [3.05, 3.63) is 126 Å². The van der Waals surface area contributed by atoms with Gasteiger partial charge in [0.15, 0.2) is 11.6 Å². The predicted molar refractivity (Wildman–Crippen MR) is 314 cm³/mol. The first-order valence-corrected chi connectivity index (χ1v) is 28.2. The largest absolute Gasteiger partial charge is 0.483 e. The third-order valence-electron chi connectivity index (χ3n) is 12.9. The maximum atomic E-state index is 14.3. The zero-order chi connectivity index (χ0) is 61.9.